The standard InChI is InChI=1S/C8H14N4/c9-12-11-8-3-6-1-2-10-5-7(6)4-8/h6-8,10H,1-5H2/t6-,7-,8?/m0/s1. The number of azide groups is 1. The molecule has 2 fully saturated rings. The molecule has 0 aromatic carbocycles. The van der Waals surface area contributed by atoms with Crippen LogP contribution in [-0.4, -0.2) is 19.1 Å². The zero-order valence-corrected chi connectivity index (χ0v) is 7.11. The van der Waals surface area contributed by atoms with Gasteiger partial charge in [0.15, 0.2) is 0 Å². The number of piperidine rings is 1. The van der Waals surface area contributed by atoms with Gasteiger partial charge in [0.05, 0.1) is 0 Å². The number of hydrogen-bond donors (Lipinski definition) is 1. The second kappa shape index (κ2) is 3.33. The van der Waals surface area contributed by atoms with Gasteiger partial charge in [0.2, 0.25) is 0 Å². The first-order chi connectivity index (χ1) is 5.90. The Bertz CT molecular complexity index is 195. The topological polar surface area (TPSA) is 60.8 Å². The third kappa shape index (κ3) is 1.40. The normalized spacial score (nSPS) is 40.2. The largest absolute Gasteiger partial charge is 0.316 e. The van der Waals surface area contributed by atoms with Gasteiger partial charge in [-0.15, -0.1) is 0 Å². The van der Waals surface area contributed by atoms with Crippen molar-refractivity contribution in [1.29, 1.82) is 0 Å². The lowest BCUT2D eigenvalue weighted by Crippen LogP contribution is -2.33. The lowest BCUT2D eigenvalue weighted by Gasteiger charge is -2.25. The lowest BCUT2D eigenvalue weighted by molar-refractivity contribution is 0.295. The second-order valence-corrected chi connectivity index (χ2v) is 3.84. The van der Waals surface area contributed by atoms with Gasteiger partial charge in [-0.2, -0.15) is 0 Å². The highest BCUT2D eigenvalue weighted by atomic mass is 15.2. The minimum atomic E-state index is 0.282. The van der Waals surface area contributed by atoms with E-state index in [1.807, 2.05) is 0 Å². The van der Waals surface area contributed by atoms with E-state index in [9.17, 15) is 0 Å². The first-order valence-corrected chi connectivity index (χ1v) is 4.65. The van der Waals surface area contributed by atoms with Gasteiger partial charge in [0.1, 0.15) is 0 Å². The van der Waals surface area contributed by atoms with Crippen molar-refractivity contribution in [3.63, 3.8) is 0 Å². The maximum atomic E-state index is 8.30. The van der Waals surface area contributed by atoms with E-state index in [1.54, 1.807) is 0 Å². The van der Waals surface area contributed by atoms with E-state index >= 15 is 0 Å². The van der Waals surface area contributed by atoms with Crippen LogP contribution in [0.1, 0.15) is 19.3 Å². The summed E-state index contributed by atoms with van der Waals surface area (Å²) in [5.41, 5.74) is 8.30. The number of nitrogens with one attached hydrogen (secondary N) is 1. The van der Waals surface area contributed by atoms with Gasteiger partial charge in [0, 0.05) is 11.0 Å². The molecule has 0 bridgehead atoms. The van der Waals surface area contributed by atoms with Crippen LogP contribution in [0.15, 0.2) is 5.11 Å². The minimum Gasteiger partial charge on any atom is -0.316 e. The third-order valence-corrected chi connectivity index (χ3v) is 3.13. The maximum Gasteiger partial charge on any atom is 0.0380 e. The zero-order chi connectivity index (χ0) is 8.39. The Hall–Kier alpha value is -0.730. The van der Waals surface area contributed by atoms with Gasteiger partial charge in [-0.05, 0) is 49.7 Å². The summed E-state index contributed by atoms with van der Waals surface area (Å²) in [5, 5.41) is 7.18. The van der Waals surface area contributed by atoms with E-state index in [0.29, 0.717) is 0 Å². The molecule has 1 aliphatic heterocycles. The molecule has 4 heteroatoms. The molecule has 0 radical (unpaired) electrons. The van der Waals surface area contributed by atoms with Crippen molar-refractivity contribution in [2.45, 2.75) is 25.3 Å². The van der Waals surface area contributed by atoms with Gasteiger partial charge in [-0.1, -0.05) is 5.11 Å². The monoisotopic (exact) mass is 166 g/mol. The summed E-state index contributed by atoms with van der Waals surface area (Å²) in [5.74, 6) is 1.59. The molecule has 2 rings (SSSR count). The predicted molar refractivity (Wildman–Crippen MR) is 46.6 cm³/mol. The van der Waals surface area contributed by atoms with E-state index in [4.69, 9.17) is 5.53 Å². The summed E-state index contributed by atoms with van der Waals surface area (Å²) in [6.45, 7) is 2.27. The van der Waals surface area contributed by atoms with Gasteiger partial charge >= 0.3 is 0 Å². The van der Waals surface area contributed by atoms with Crippen LogP contribution < -0.4 is 5.32 Å². The molecule has 1 N–H and O–H groups in total. The van der Waals surface area contributed by atoms with Crippen LogP contribution in [-0.2, 0) is 0 Å². The van der Waals surface area contributed by atoms with Gasteiger partial charge in [-0.3, -0.25) is 0 Å². The van der Waals surface area contributed by atoms with Crippen molar-refractivity contribution < 1.29 is 0 Å². The Kier molecular flexibility index (Phi) is 2.19. The molecule has 3 atom stereocenters. The quantitative estimate of drug-likeness (QED) is 0.359. The highest BCUT2D eigenvalue weighted by molar-refractivity contribution is 4.91. The van der Waals surface area contributed by atoms with Crippen molar-refractivity contribution in [1.82, 2.24) is 5.32 Å². The van der Waals surface area contributed by atoms with Crippen LogP contribution in [0.25, 0.3) is 10.4 Å². The van der Waals surface area contributed by atoms with Crippen molar-refractivity contribution >= 4 is 0 Å². The molecule has 0 spiro atoms. The van der Waals surface area contributed by atoms with E-state index < -0.39 is 0 Å². The fourth-order valence-electron chi connectivity index (χ4n) is 2.53. The molecule has 4 nitrogen and oxygen atoms in total. The van der Waals surface area contributed by atoms with E-state index in [0.717, 1.165) is 37.8 Å². The Morgan fingerprint density at radius 3 is 2.92 bits per heavy atom. The van der Waals surface area contributed by atoms with Crippen LogP contribution in [0.5, 0.6) is 0 Å². The molecule has 1 saturated heterocycles. The molecule has 1 saturated carbocycles. The van der Waals surface area contributed by atoms with Crippen molar-refractivity contribution in [3.8, 4) is 0 Å². The van der Waals surface area contributed by atoms with E-state index in [-0.39, 0.29) is 6.04 Å². The molecular weight excluding hydrogens is 152 g/mol. The number of nitrogens with zero attached hydrogens (tertiary/aromatic N) is 3. The fraction of sp³-hybridized carbons (Fsp3) is 1.00. The zero-order valence-electron chi connectivity index (χ0n) is 7.11. The highest BCUT2D eigenvalue weighted by Gasteiger charge is 2.34. The van der Waals surface area contributed by atoms with Gasteiger partial charge in [-0.25, -0.2) is 0 Å². The number of rotatable bonds is 1. The fourth-order valence-corrected chi connectivity index (χ4v) is 2.53. The molecule has 1 unspecified atom stereocenters. The molecule has 0 aromatic rings. The first-order valence-electron chi connectivity index (χ1n) is 4.65. The summed E-state index contributed by atoms with van der Waals surface area (Å²) in [6.07, 6.45) is 3.49. The number of hydrogen-bond acceptors (Lipinski definition) is 2. The SMILES string of the molecule is [N-]=[N+]=NC1C[C@H]2CNCC[C@H]2C1. The average Bonchev–Trinajstić information content (AvgIpc) is 2.47. The molecule has 0 amide bonds. The second-order valence-electron chi connectivity index (χ2n) is 3.84. The Morgan fingerprint density at radius 1 is 1.33 bits per heavy atom. The van der Waals surface area contributed by atoms with Crippen LogP contribution in [0.3, 0.4) is 0 Å². The molecule has 66 valence electrons. The van der Waals surface area contributed by atoms with Crippen LogP contribution in [0.4, 0.5) is 0 Å². The van der Waals surface area contributed by atoms with Crippen LogP contribution in [0, 0.1) is 11.8 Å². The molecule has 2 aliphatic rings. The molecule has 12 heavy (non-hydrogen) atoms. The summed E-state index contributed by atoms with van der Waals surface area (Å²) in [7, 11) is 0. The Labute approximate surface area is 72.0 Å². The maximum absolute atomic E-state index is 8.30. The predicted octanol–water partition coefficient (Wildman–Crippen LogP) is 1.68. The molecule has 0 aromatic heterocycles. The molecular formula is C8H14N4. The Balaban J connectivity index is 1.98. The van der Waals surface area contributed by atoms with Gasteiger partial charge < -0.3 is 5.32 Å². The third-order valence-electron chi connectivity index (χ3n) is 3.13. The lowest BCUT2D eigenvalue weighted by atomic mass is 9.90. The van der Waals surface area contributed by atoms with E-state index in [1.165, 1.54) is 6.42 Å². The molecule has 1 aliphatic carbocycles. The summed E-state index contributed by atoms with van der Waals surface area (Å²) >= 11 is 0. The van der Waals surface area contributed by atoms with Crippen LogP contribution >= 0.6 is 0 Å². The van der Waals surface area contributed by atoms with Crippen LogP contribution in [0.2, 0.25) is 0 Å². The van der Waals surface area contributed by atoms with Crippen molar-refractivity contribution in [2.75, 3.05) is 13.1 Å². The minimum absolute atomic E-state index is 0.282. The molecule has 1 heterocycles. The highest BCUT2D eigenvalue weighted by Crippen LogP contribution is 2.37. The smallest absolute Gasteiger partial charge is 0.0380 e. The van der Waals surface area contributed by atoms with Crippen molar-refractivity contribution in [2.24, 2.45) is 17.0 Å². The average molecular weight is 166 g/mol. The summed E-state index contributed by atoms with van der Waals surface area (Å²) in [4.78, 5) is 2.88. The number of fused-ring (bicyclic) bond motifs is 1. The van der Waals surface area contributed by atoms with Gasteiger partial charge in [0.25, 0.3) is 0 Å². The van der Waals surface area contributed by atoms with E-state index in [2.05, 4.69) is 15.3 Å². The summed E-state index contributed by atoms with van der Waals surface area (Å²) in [6, 6.07) is 0.282. The van der Waals surface area contributed by atoms with Crippen molar-refractivity contribution in [3.05, 3.63) is 10.4 Å². The summed E-state index contributed by atoms with van der Waals surface area (Å²) < 4.78 is 0. The Morgan fingerprint density at radius 2 is 2.17 bits per heavy atom. The first kappa shape index (κ1) is 7.90.